The van der Waals surface area contributed by atoms with Crippen LogP contribution in [0.5, 0.6) is 0 Å². The van der Waals surface area contributed by atoms with E-state index in [9.17, 15) is 4.79 Å². The summed E-state index contributed by atoms with van der Waals surface area (Å²) in [4.78, 5) is 12.2. The molecule has 1 aromatic rings. The fourth-order valence-electron chi connectivity index (χ4n) is 2.45. The zero-order chi connectivity index (χ0) is 13.8. The Bertz CT molecular complexity index is 421. The third-order valence-corrected chi connectivity index (χ3v) is 3.66. The van der Waals surface area contributed by atoms with E-state index in [4.69, 9.17) is 5.11 Å². The van der Waals surface area contributed by atoms with Crippen molar-refractivity contribution in [1.82, 2.24) is 5.32 Å². The van der Waals surface area contributed by atoms with Crippen LogP contribution in [0.3, 0.4) is 0 Å². The van der Waals surface area contributed by atoms with Crippen molar-refractivity contribution in [3.63, 3.8) is 0 Å². The minimum absolute atomic E-state index is 0.0170. The molecule has 1 aromatic carbocycles. The number of aliphatic hydroxyl groups is 1. The predicted octanol–water partition coefficient (Wildman–Crippen LogP) is 1.55. The molecule has 1 aliphatic heterocycles. The summed E-state index contributed by atoms with van der Waals surface area (Å²) in [6, 6.07) is 7.83. The number of rotatable bonds is 5. The van der Waals surface area contributed by atoms with Gasteiger partial charge >= 0.3 is 0 Å². The van der Waals surface area contributed by atoms with Crippen LogP contribution in [0.25, 0.3) is 0 Å². The molecule has 0 saturated heterocycles. The lowest BCUT2D eigenvalue weighted by molar-refractivity contribution is -0.122. The van der Waals surface area contributed by atoms with Crippen LogP contribution in [-0.2, 0) is 11.2 Å². The molecule has 1 amide bonds. The summed E-state index contributed by atoms with van der Waals surface area (Å²) < 4.78 is 0. The SMILES string of the molecule is CC(C)C(CCO)NC(=O)C1Cc2ccccc2N1. The first-order valence-corrected chi connectivity index (χ1v) is 6.87. The van der Waals surface area contributed by atoms with Crippen molar-refractivity contribution in [2.45, 2.75) is 38.8 Å². The van der Waals surface area contributed by atoms with Gasteiger partial charge in [0, 0.05) is 24.8 Å². The molecule has 1 heterocycles. The van der Waals surface area contributed by atoms with Crippen molar-refractivity contribution in [3.05, 3.63) is 29.8 Å². The predicted molar refractivity (Wildman–Crippen MR) is 76.0 cm³/mol. The molecule has 1 aliphatic rings. The molecular weight excluding hydrogens is 240 g/mol. The van der Waals surface area contributed by atoms with Crippen molar-refractivity contribution < 1.29 is 9.90 Å². The van der Waals surface area contributed by atoms with Gasteiger partial charge in [-0.1, -0.05) is 32.0 Å². The summed E-state index contributed by atoms with van der Waals surface area (Å²) in [5.41, 5.74) is 2.23. The Balaban J connectivity index is 1.95. The standard InChI is InChI=1S/C15H22N2O2/c1-10(2)12(7-8-18)17-15(19)14-9-11-5-3-4-6-13(11)16-14/h3-6,10,12,14,16,18H,7-9H2,1-2H3,(H,17,19). The van der Waals surface area contributed by atoms with Crippen molar-refractivity contribution in [3.8, 4) is 0 Å². The van der Waals surface area contributed by atoms with Crippen LogP contribution in [0.2, 0.25) is 0 Å². The molecular formula is C15H22N2O2. The third-order valence-electron chi connectivity index (χ3n) is 3.66. The largest absolute Gasteiger partial charge is 0.396 e. The normalized spacial score (nSPS) is 18.8. The molecule has 104 valence electrons. The lowest BCUT2D eigenvalue weighted by Gasteiger charge is -2.23. The van der Waals surface area contributed by atoms with Gasteiger partial charge in [0.1, 0.15) is 6.04 Å². The molecule has 0 saturated carbocycles. The van der Waals surface area contributed by atoms with Gasteiger partial charge in [0.05, 0.1) is 0 Å². The molecule has 0 spiro atoms. The number of carbonyl (C=O) groups is 1. The van der Waals surface area contributed by atoms with E-state index in [1.165, 1.54) is 5.56 Å². The van der Waals surface area contributed by atoms with Gasteiger partial charge in [-0.2, -0.15) is 0 Å². The van der Waals surface area contributed by atoms with Gasteiger partial charge in [-0.25, -0.2) is 0 Å². The average molecular weight is 262 g/mol. The Morgan fingerprint density at radius 1 is 1.47 bits per heavy atom. The second-order valence-electron chi connectivity index (χ2n) is 5.43. The van der Waals surface area contributed by atoms with E-state index in [-0.39, 0.29) is 24.6 Å². The first-order valence-electron chi connectivity index (χ1n) is 6.87. The fraction of sp³-hybridized carbons (Fsp3) is 0.533. The van der Waals surface area contributed by atoms with E-state index in [1.54, 1.807) is 0 Å². The molecule has 4 nitrogen and oxygen atoms in total. The van der Waals surface area contributed by atoms with Crippen molar-refractivity contribution >= 4 is 11.6 Å². The van der Waals surface area contributed by atoms with Gasteiger partial charge in [0.15, 0.2) is 0 Å². The number of nitrogens with one attached hydrogen (secondary N) is 2. The summed E-state index contributed by atoms with van der Waals surface area (Å²) in [5, 5.41) is 15.3. The minimum Gasteiger partial charge on any atom is -0.396 e. The zero-order valence-electron chi connectivity index (χ0n) is 11.5. The number of hydrogen-bond acceptors (Lipinski definition) is 3. The molecule has 0 bridgehead atoms. The molecule has 0 aromatic heterocycles. The average Bonchev–Trinajstić information content (AvgIpc) is 2.81. The van der Waals surface area contributed by atoms with E-state index in [0.717, 1.165) is 12.1 Å². The summed E-state index contributed by atoms with van der Waals surface area (Å²) in [5.74, 6) is 0.336. The molecule has 2 unspecified atom stereocenters. The summed E-state index contributed by atoms with van der Waals surface area (Å²) in [6.07, 6.45) is 1.33. The fourth-order valence-corrected chi connectivity index (χ4v) is 2.45. The summed E-state index contributed by atoms with van der Waals surface area (Å²) in [7, 11) is 0. The van der Waals surface area contributed by atoms with Crippen LogP contribution < -0.4 is 10.6 Å². The maximum atomic E-state index is 12.2. The third kappa shape index (κ3) is 3.26. The zero-order valence-corrected chi connectivity index (χ0v) is 11.5. The minimum atomic E-state index is -0.197. The first kappa shape index (κ1) is 13.9. The lowest BCUT2D eigenvalue weighted by atomic mass is 10.0. The van der Waals surface area contributed by atoms with E-state index in [2.05, 4.69) is 24.5 Å². The number of amides is 1. The van der Waals surface area contributed by atoms with Crippen molar-refractivity contribution in [1.29, 1.82) is 0 Å². The molecule has 0 fully saturated rings. The monoisotopic (exact) mass is 262 g/mol. The highest BCUT2D eigenvalue weighted by molar-refractivity contribution is 5.87. The van der Waals surface area contributed by atoms with Crippen LogP contribution in [0, 0.1) is 5.92 Å². The first-order chi connectivity index (χ1) is 9.11. The quantitative estimate of drug-likeness (QED) is 0.754. The van der Waals surface area contributed by atoms with E-state index in [0.29, 0.717) is 12.3 Å². The van der Waals surface area contributed by atoms with E-state index < -0.39 is 0 Å². The number of para-hydroxylation sites is 1. The van der Waals surface area contributed by atoms with E-state index in [1.807, 2.05) is 24.3 Å². The Hall–Kier alpha value is -1.55. The molecule has 2 atom stereocenters. The van der Waals surface area contributed by atoms with Gasteiger partial charge in [-0.05, 0) is 24.0 Å². The van der Waals surface area contributed by atoms with Crippen LogP contribution in [0.15, 0.2) is 24.3 Å². The number of anilines is 1. The second-order valence-corrected chi connectivity index (χ2v) is 5.43. The molecule has 0 radical (unpaired) electrons. The number of benzene rings is 1. The highest BCUT2D eigenvalue weighted by atomic mass is 16.3. The summed E-state index contributed by atoms with van der Waals surface area (Å²) in [6.45, 7) is 4.20. The molecule has 4 heteroatoms. The Morgan fingerprint density at radius 2 is 2.21 bits per heavy atom. The maximum Gasteiger partial charge on any atom is 0.243 e. The molecule has 0 aliphatic carbocycles. The van der Waals surface area contributed by atoms with E-state index >= 15 is 0 Å². The van der Waals surface area contributed by atoms with Crippen LogP contribution in [-0.4, -0.2) is 29.7 Å². The highest BCUT2D eigenvalue weighted by Gasteiger charge is 2.28. The van der Waals surface area contributed by atoms with Gasteiger partial charge < -0.3 is 15.7 Å². The number of fused-ring (bicyclic) bond motifs is 1. The smallest absolute Gasteiger partial charge is 0.243 e. The summed E-state index contributed by atoms with van der Waals surface area (Å²) >= 11 is 0. The Kier molecular flexibility index (Phi) is 4.43. The van der Waals surface area contributed by atoms with Crippen molar-refractivity contribution in [2.75, 3.05) is 11.9 Å². The van der Waals surface area contributed by atoms with Crippen molar-refractivity contribution in [2.24, 2.45) is 5.92 Å². The van der Waals surface area contributed by atoms with Crippen LogP contribution in [0.4, 0.5) is 5.69 Å². The van der Waals surface area contributed by atoms with Crippen LogP contribution >= 0.6 is 0 Å². The Labute approximate surface area is 114 Å². The second kappa shape index (κ2) is 6.06. The van der Waals surface area contributed by atoms with Gasteiger partial charge in [-0.3, -0.25) is 4.79 Å². The number of aliphatic hydroxyl groups excluding tert-OH is 1. The molecule has 3 N–H and O–H groups in total. The highest BCUT2D eigenvalue weighted by Crippen LogP contribution is 2.25. The Morgan fingerprint density at radius 3 is 2.84 bits per heavy atom. The number of hydrogen-bond donors (Lipinski definition) is 3. The molecule has 2 rings (SSSR count). The van der Waals surface area contributed by atoms with Gasteiger partial charge in [0.25, 0.3) is 0 Å². The number of carbonyl (C=O) groups excluding carboxylic acids is 1. The van der Waals surface area contributed by atoms with Gasteiger partial charge in [0.2, 0.25) is 5.91 Å². The topological polar surface area (TPSA) is 61.4 Å². The van der Waals surface area contributed by atoms with Crippen LogP contribution in [0.1, 0.15) is 25.8 Å². The van der Waals surface area contributed by atoms with Gasteiger partial charge in [-0.15, -0.1) is 0 Å². The maximum absolute atomic E-state index is 12.2. The molecule has 19 heavy (non-hydrogen) atoms. The lowest BCUT2D eigenvalue weighted by Crippen LogP contribution is -2.46.